The molecule has 3 heterocycles. The second kappa shape index (κ2) is 5.54. The molecule has 132 valence electrons. The Labute approximate surface area is 150 Å². The summed E-state index contributed by atoms with van der Waals surface area (Å²) < 4.78 is 0. The molecule has 0 aromatic heterocycles. The average molecular weight is 362 g/mol. The Morgan fingerprint density at radius 3 is 2.72 bits per heavy atom. The van der Waals surface area contributed by atoms with E-state index in [4.69, 9.17) is 11.6 Å². The number of hydrogen-bond acceptors (Lipinski definition) is 4. The number of nitrogens with zero attached hydrogens (tertiary/aromatic N) is 1. The maximum atomic E-state index is 13.1. The SMILES string of the molecule is CCCCN1C(=O)[C@@H]2[C@H](C)N[C@]3(C(=O)Nc4ccc(Cl)cc43)[C@@H]2C1=O. The summed E-state index contributed by atoms with van der Waals surface area (Å²) >= 11 is 6.15. The van der Waals surface area contributed by atoms with Crippen molar-refractivity contribution in [1.82, 2.24) is 10.2 Å². The van der Waals surface area contributed by atoms with Crippen molar-refractivity contribution in [2.75, 3.05) is 11.9 Å². The summed E-state index contributed by atoms with van der Waals surface area (Å²) in [6.45, 7) is 4.28. The molecule has 7 heteroatoms. The monoisotopic (exact) mass is 361 g/mol. The lowest BCUT2D eigenvalue weighted by atomic mass is 9.76. The largest absolute Gasteiger partial charge is 0.324 e. The van der Waals surface area contributed by atoms with Gasteiger partial charge in [-0.15, -0.1) is 0 Å². The van der Waals surface area contributed by atoms with Gasteiger partial charge in [-0.1, -0.05) is 24.9 Å². The van der Waals surface area contributed by atoms with Gasteiger partial charge in [-0.3, -0.25) is 24.6 Å². The van der Waals surface area contributed by atoms with E-state index in [0.717, 1.165) is 12.8 Å². The van der Waals surface area contributed by atoms with Crippen LogP contribution in [0.1, 0.15) is 32.3 Å². The summed E-state index contributed by atoms with van der Waals surface area (Å²) in [5.74, 6) is -1.99. The first kappa shape index (κ1) is 16.5. The highest BCUT2D eigenvalue weighted by Gasteiger charge is 2.69. The molecule has 0 saturated carbocycles. The highest BCUT2D eigenvalue weighted by molar-refractivity contribution is 6.31. The van der Waals surface area contributed by atoms with Gasteiger partial charge in [0.05, 0.1) is 11.8 Å². The zero-order valence-electron chi connectivity index (χ0n) is 14.1. The number of hydrogen-bond donors (Lipinski definition) is 2. The second-order valence-electron chi connectivity index (χ2n) is 7.07. The number of benzene rings is 1. The van der Waals surface area contributed by atoms with E-state index in [-0.39, 0.29) is 23.8 Å². The Kier molecular flexibility index (Phi) is 3.67. The van der Waals surface area contributed by atoms with Crippen molar-refractivity contribution in [2.45, 2.75) is 38.3 Å². The minimum atomic E-state index is -1.22. The molecule has 1 aromatic rings. The molecule has 2 N–H and O–H groups in total. The zero-order chi connectivity index (χ0) is 17.9. The van der Waals surface area contributed by atoms with Gasteiger partial charge in [0, 0.05) is 28.9 Å². The van der Waals surface area contributed by atoms with Crippen LogP contribution in [0, 0.1) is 11.8 Å². The molecule has 3 amide bonds. The summed E-state index contributed by atoms with van der Waals surface area (Å²) in [6.07, 6.45) is 1.66. The van der Waals surface area contributed by atoms with Crippen molar-refractivity contribution in [1.29, 1.82) is 0 Å². The molecule has 25 heavy (non-hydrogen) atoms. The average Bonchev–Trinajstić information content (AvgIpc) is 3.12. The zero-order valence-corrected chi connectivity index (χ0v) is 14.9. The molecule has 0 bridgehead atoms. The van der Waals surface area contributed by atoms with Gasteiger partial charge in [-0.05, 0) is 31.5 Å². The lowest BCUT2D eigenvalue weighted by Gasteiger charge is -2.29. The summed E-state index contributed by atoms with van der Waals surface area (Å²) in [7, 11) is 0. The summed E-state index contributed by atoms with van der Waals surface area (Å²) in [5, 5.41) is 6.60. The van der Waals surface area contributed by atoms with Crippen LogP contribution >= 0.6 is 11.6 Å². The van der Waals surface area contributed by atoms with Crippen LogP contribution < -0.4 is 10.6 Å². The molecule has 2 fully saturated rings. The smallest absolute Gasteiger partial charge is 0.250 e. The Bertz CT molecular complexity index is 796. The minimum Gasteiger partial charge on any atom is -0.324 e. The highest BCUT2D eigenvalue weighted by atomic mass is 35.5. The standard InChI is InChI=1S/C18H20ClN3O3/c1-3-4-7-22-15(23)13-9(2)21-18(14(13)16(22)24)11-8-10(19)5-6-12(11)20-17(18)25/h5-6,8-9,13-14,21H,3-4,7H2,1-2H3,(H,20,25)/t9-,13+,14-,18-/m0/s1. The number of nitrogens with one attached hydrogen (secondary N) is 2. The van der Waals surface area contributed by atoms with E-state index in [1.807, 2.05) is 13.8 Å². The van der Waals surface area contributed by atoms with Gasteiger partial charge in [-0.2, -0.15) is 0 Å². The van der Waals surface area contributed by atoms with Crippen molar-refractivity contribution >= 4 is 35.0 Å². The molecule has 0 aliphatic carbocycles. The van der Waals surface area contributed by atoms with Gasteiger partial charge in [0.2, 0.25) is 17.7 Å². The Morgan fingerprint density at radius 1 is 1.24 bits per heavy atom. The predicted octanol–water partition coefficient (Wildman–Crippen LogP) is 1.88. The van der Waals surface area contributed by atoms with E-state index in [1.165, 1.54) is 4.90 Å². The first-order chi connectivity index (χ1) is 11.9. The maximum absolute atomic E-state index is 13.1. The maximum Gasteiger partial charge on any atom is 0.250 e. The first-order valence-corrected chi connectivity index (χ1v) is 9.04. The topological polar surface area (TPSA) is 78.5 Å². The molecule has 1 aromatic carbocycles. The lowest BCUT2D eigenvalue weighted by Crippen LogP contribution is -2.53. The molecule has 0 radical (unpaired) electrons. The van der Waals surface area contributed by atoms with Gasteiger partial charge >= 0.3 is 0 Å². The van der Waals surface area contributed by atoms with E-state index >= 15 is 0 Å². The molecular weight excluding hydrogens is 342 g/mol. The van der Waals surface area contributed by atoms with Crippen molar-refractivity contribution in [3.63, 3.8) is 0 Å². The number of rotatable bonds is 3. The van der Waals surface area contributed by atoms with Crippen molar-refractivity contribution in [2.24, 2.45) is 11.8 Å². The molecular formula is C18H20ClN3O3. The van der Waals surface area contributed by atoms with Crippen LogP contribution in [0.2, 0.25) is 5.02 Å². The quantitative estimate of drug-likeness (QED) is 0.806. The first-order valence-electron chi connectivity index (χ1n) is 8.66. The molecule has 4 rings (SSSR count). The number of anilines is 1. The molecule has 2 saturated heterocycles. The molecule has 0 unspecified atom stereocenters. The summed E-state index contributed by atoms with van der Waals surface area (Å²) in [6, 6.07) is 4.87. The number of halogens is 1. The van der Waals surface area contributed by atoms with Gasteiger partial charge < -0.3 is 5.32 Å². The highest BCUT2D eigenvalue weighted by Crippen LogP contribution is 2.53. The van der Waals surface area contributed by atoms with Crippen molar-refractivity contribution in [3.05, 3.63) is 28.8 Å². The normalized spacial score (nSPS) is 33.2. The number of unbranched alkanes of at least 4 members (excludes halogenated alkanes) is 1. The van der Waals surface area contributed by atoms with Crippen LogP contribution in [0.4, 0.5) is 5.69 Å². The molecule has 3 aliphatic rings. The van der Waals surface area contributed by atoms with Crippen LogP contribution in [0.25, 0.3) is 0 Å². The minimum absolute atomic E-state index is 0.177. The van der Waals surface area contributed by atoms with Crippen molar-refractivity contribution < 1.29 is 14.4 Å². The fourth-order valence-corrected chi connectivity index (χ4v) is 4.70. The Hall–Kier alpha value is -1.92. The van der Waals surface area contributed by atoms with Gasteiger partial charge in [0.25, 0.3) is 0 Å². The van der Waals surface area contributed by atoms with E-state index in [1.54, 1.807) is 18.2 Å². The van der Waals surface area contributed by atoms with Gasteiger partial charge in [0.15, 0.2) is 0 Å². The van der Waals surface area contributed by atoms with Crippen LogP contribution in [0.3, 0.4) is 0 Å². The summed E-state index contributed by atoms with van der Waals surface area (Å²) in [5.41, 5.74) is 0.0720. The Balaban J connectivity index is 1.83. The fourth-order valence-electron chi connectivity index (χ4n) is 4.53. The molecule has 4 atom stereocenters. The molecule has 3 aliphatic heterocycles. The second-order valence-corrected chi connectivity index (χ2v) is 7.51. The molecule has 1 spiro atoms. The van der Waals surface area contributed by atoms with E-state index < -0.39 is 17.4 Å². The van der Waals surface area contributed by atoms with Gasteiger partial charge in [-0.25, -0.2) is 0 Å². The van der Waals surface area contributed by atoms with Crippen LogP contribution in [-0.2, 0) is 19.9 Å². The fraction of sp³-hybridized carbons (Fsp3) is 0.500. The van der Waals surface area contributed by atoms with Crippen molar-refractivity contribution in [3.8, 4) is 0 Å². The number of carbonyl (C=O) groups is 3. The predicted molar refractivity (Wildman–Crippen MR) is 93.0 cm³/mol. The van der Waals surface area contributed by atoms with Crippen LogP contribution in [0.15, 0.2) is 18.2 Å². The number of likely N-dealkylation sites (tertiary alicyclic amines) is 1. The van der Waals surface area contributed by atoms with Gasteiger partial charge in [0.1, 0.15) is 5.54 Å². The molecule has 6 nitrogen and oxygen atoms in total. The van der Waals surface area contributed by atoms with E-state index in [0.29, 0.717) is 22.8 Å². The lowest BCUT2D eigenvalue weighted by molar-refractivity contribution is -0.142. The third-order valence-electron chi connectivity index (χ3n) is 5.65. The Morgan fingerprint density at radius 2 is 2.00 bits per heavy atom. The number of amides is 3. The van der Waals surface area contributed by atoms with Crippen LogP contribution in [-0.4, -0.2) is 35.2 Å². The van der Waals surface area contributed by atoms with E-state index in [9.17, 15) is 14.4 Å². The third kappa shape index (κ3) is 2.04. The van der Waals surface area contributed by atoms with E-state index in [2.05, 4.69) is 10.6 Å². The van der Waals surface area contributed by atoms with Crippen LogP contribution in [0.5, 0.6) is 0 Å². The number of carbonyl (C=O) groups excluding carboxylic acids is 3. The third-order valence-corrected chi connectivity index (χ3v) is 5.89. The number of fused-ring (bicyclic) bond motifs is 4. The number of imide groups is 1. The summed E-state index contributed by atoms with van der Waals surface area (Å²) in [4.78, 5) is 40.2.